The molecule has 144 valence electrons. The Labute approximate surface area is 167 Å². The summed E-state index contributed by atoms with van der Waals surface area (Å²) in [6, 6.07) is 7.57. The second-order valence-electron chi connectivity index (χ2n) is 6.67. The lowest BCUT2D eigenvalue weighted by Gasteiger charge is -2.18. The molecule has 0 unspecified atom stereocenters. The Hall–Kier alpha value is -2.77. The van der Waals surface area contributed by atoms with Crippen LogP contribution in [0.4, 0.5) is 5.13 Å². The van der Waals surface area contributed by atoms with Gasteiger partial charge in [0, 0.05) is 37.1 Å². The molecule has 6 nitrogen and oxygen atoms in total. The van der Waals surface area contributed by atoms with Crippen LogP contribution in [0.5, 0.6) is 0 Å². The molecule has 3 aromatic heterocycles. The number of pyridine rings is 1. The van der Waals surface area contributed by atoms with Gasteiger partial charge in [-0.2, -0.15) is 0 Å². The first-order chi connectivity index (χ1) is 13.8. The molecule has 4 heterocycles. The van der Waals surface area contributed by atoms with Crippen molar-refractivity contribution in [3.05, 3.63) is 71.3 Å². The zero-order chi connectivity index (χ0) is 19.2. The molecule has 0 aliphatic carbocycles. The Morgan fingerprint density at radius 2 is 2.21 bits per heavy atom. The fraction of sp³-hybridized carbons (Fsp3) is 0.286. The highest BCUT2D eigenvalue weighted by Gasteiger charge is 2.14. The standard InChI is InChI=1S/C21H22N4O2S/c26-20(19-5-3-12-25(19)14-16-8-10-22-11-9-16)24-21-23-17(15-28-21)6-7-18-4-1-2-13-27-18/h3,5-12,15,18H,1-2,4,13-14H2,(H,23,24,26)/b7-6+/t18-/m1/s1. The zero-order valence-electron chi connectivity index (χ0n) is 15.5. The van der Waals surface area contributed by atoms with Crippen molar-refractivity contribution in [3.63, 3.8) is 0 Å². The maximum atomic E-state index is 12.7. The van der Waals surface area contributed by atoms with Gasteiger partial charge in [0.25, 0.3) is 5.91 Å². The molecule has 4 rings (SSSR count). The molecule has 1 amide bonds. The molecule has 1 saturated heterocycles. The van der Waals surface area contributed by atoms with E-state index in [2.05, 4.69) is 21.4 Å². The van der Waals surface area contributed by atoms with Crippen LogP contribution in [0, 0.1) is 0 Å². The fourth-order valence-electron chi connectivity index (χ4n) is 3.15. The summed E-state index contributed by atoms with van der Waals surface area (Å²) in [6.45, 7) is 1.44. The Kier molecular flexibility index (Phi) is 5.94. The minimum atomic E-state index is -0.167. The van der Waals surface area contributed by atoms with Crippen LogP contribution < -0.4 is 5.32 Å². The lowest BCUT2D eigenvalue weighted by Crippen LogP contribution is -2.17. The smallest absolute Gasteiger partial charge is 0.274 e. The third-order valence-corrected chi connectivity index (χ3v) is 5.38. The third kappa shape index (κ3) is 4.74. The molecular weight excluding hydrogens is 372 g/mol. The van der Waals surface area contributed by atoms with Crippen LogP contribution in [-0.2, 0) is 11.3 Å². The summed E-state index contributed by atoms with van der Waals surface area (Å²) in [5.41, 5.74) is 2.52. The van der Waals surface area contributed by atoms with Crippen molar-refractivity contribution in [1.29, 1.82) is 0 Å². The van der Waals surface area contributed by atoms with Gasteiger partial charge in [0.1, 0.15) is 5.69 Å². The molecule has 0 aromatic carbocycles. The Bertz CT molecular complexity index is 942. The van der Waals surface area contributed by atoms with Crippen molar-refractivity contribution in [2.45, 2.75) is 31.9 Å². The van der Waals surface area contributed by atoms with Gasteiger partial charge < -0.3 is 9.30 Å². The molecule has 7 heteroatoms. The van der Waals surface area contributed by atoms with Gasteiger partial charge >= 0.3 is 0 Å². The van der Waals surface area contributed by atoms with Crippen LogP contribution in [0.25, 0.3) is 6.08 Å². The number of carbonyl (C=O) groups excluding carboxylic acids is 1. The minimum absolute atomic E-state index is 0.167. The van der Waals surface area contributed by atoms with Gasteiger partial charge in [-0.3, -0.25) is 15.1 Å². The Balaban J connectivity index is 1.39. The monoisotopic (exact) mass is 394 g/mol. The largest absolute Gasteiger partial charge is 0.374 e. The second kappa shape index (κ2) is 8.95. The van der Waals surface area contributed by atoms with Gasteiger partial charge in [-0.1, -0.05) is 6.08 Å². The Morgan fingerprint density at radius 3 is 3.04 bits per heavy atom. The number of amides is 1. The summed E-state index contributed by atoms with van der Waals surface area (Å²) in [5, 5.41) is 5.42. The highest BCUT2D eigenvalue weighted by atomic mass is 32.1. The summed E-state index contributed by atoms with van der Waals surface area (Å²) in [7, 11) is 0. The molecule has 1 fully saturated rings. The number of thiazole rings is 1. The van der Waals surface area contributed by atoms with Gasteiger partial charge in [-0.25, -0.2) is 4.98 Å². The summed E-state index contributed by atoms with van der Waals surface area (Å²) in [6.07, 6.45) is 13.0. The molecule has 0 spiro atoms. The first kappa shape index (κ1) is 18.6. The highest BCUT2D eigenvalue weighted by molar-refractivity contribution is 7.14. The Morgan fingerprint density at radius 1 is 1.32 bits per heavy atom. The predicted molar refractivity (Wildman–Crippen MR) is 110 cm³/mol. The first-order valence-corrected chi connectivity index (χ1v) is 10.3. The molecule has 0 saturated carbocycles. The van der Waals surface area contributed by atoms with E-state index in [1.807, 2.05) is 46.5 Å². The number of rotatable bonds is 6. The number of carbonyl (C=O) groups is 1. The molecule has 1 atom stereocenters. The van der Waals surface area contributed by atoms with Crippen molar-refractivity contribution in [2.75, 3.05) is 11.9 Å². The van der Waals surface area contributed by atoms with Crippen LogP contribution in [0.15, 0.2) is 54.3 Å². The lowest BCUT2D eigenvalue weighted by molar-refractivity contribution is 0.0471. The summed E-state index contributed by atoms with van der Waals surface area (Å²) in [5.74, 6) is -0.167. The van der Waals surface area contributed by atoms with Crippen LogP contribution >= 0.6 is 11.3 Å². The van der Waals surface area contributed by atoms with Gasteiger partial charge in [0.2, 0.25) is 0 Å². The SMILES string of the molecule is O=C(Nc1nc(/C=C/[C@H]2CCCCO2)cs1)c1cccn1Cc1ccncc1. The van der Waals surface area contributed by atoms with Crippen molar-refractivity contribution in [2.24, 2.45) is 0 Å². The highest BCUT2D eigenvalue weighted by Crippen LogP contribution is 2.20. The van der Waals surface area contributed by atoms with E-state index >= 15 is 0 Å². The van der Waals surface area contributed by atoms with Crippen molar-refractivity contribution < 1.29 is 9.53 Å². The van der Waals surface area contributed by atoms with E-state index in [1.165, 1.54) is 17.8 Å². The van der Waals surface area contributed by atoms with Crippen LogP contribution in [0.3, 0.4) is 0 Å². The number of hydrogen-bond acceptors (Lipinski definition) is 5. The van der Waals surface area contributed by atoms with Crippen LogP contribution in [-0.4, -0.2) is 33.2 Å². The molecule has 1 N–H and O–H groups in total. The summed E-state index contributed by atoms with van der Waals surface area (Å²) in [4.78, 5) is 21.2. The predicted octanol–water partition coefficient (Wildman–Crippen LogP) is 4.22. The minimum Gasteiger partial charge on any atom is -0.374 e. The van der Waals surface area contributed by atoms with E-state index < -0.39 is 0 Å². The average Bonchev–Trinajstić information content (AvgIpc) is 3.37. The maximum Gasteiger partial charge on any atom is 0.274 e. The molecule has 1 aliphatic heterocycles. The molecule has 3 aromatic rings. The van der Waals surface area contributed by atoms with Gasteiger partial charge in [0.15, 0.2) is 5.13 Å². The molecule has 1 aliphatic rings. The van der Waals surface area contributed by atoms with Crippen molar-refractivity contribution >= 4 is 28.5 Å². The molecule has 0 radical (unpaired) electrons. The quantitative estimate of drug-likeness (QED) is 0.680. The topological polar surface area (TPSA) is 69.0 Å². The van der Waals surface area contributed by atoms with Gasteiger partial charge in [-0.15, -0.1) is 11.3 Å². The first-order valence-electron chi connectivity index (χ1n) is 9.39. The number of anilines is 1. The zero-order valence-corrected chi connectivity index (χ0v) is 16.3. The lowest BCUT2D eigenvalue weighted by atomic mass is 10.1. The van der Waals surface area contributed by atoms with Crippen molar-refractivity contribution in [3.8, 4) is 0 Å². The van der Waals surface area contributed by atoms with Crippen LogP contribution in [0.2, 0.25) is 0 Å². The summed E-state index contributed by atoms with van der Waals surface area (Å²) >= 11 is 1.42. The third-order valence-electron chi connectivity index (χ3n) is 4.60. The van der Waals surface area contributed by atoms with E-state index in [-0.39, 0.29) is 12.0 Å². The van der Waals surface area contributed by atoms with E-state index in [0.717, 1.165) is 30.7 Å². The number of nitrogens with zero attached hydrogens (tertiary/aromatic N) is 3. The number of ether oxygens (including phenoxy) is 1. The van der Waals surface area contributed by atoms with Crippen LogP contribution in [0.1, 0.15) is 41.0 Å². The number of nitrogens with one attached hydrogen (secondary N) is 1. The average molecular weight is 395 g/mol. The van der Waals surface area contributed by atoms with Gasteiger partial charge in [0.05, 0.1) is 11.8 Å². The van der Waals surface area contributed by atoms with E-state index in [4.69, 9.17) is 4.74 Å². The maximum absolute atomic E-state index is 12.7. The van der Waals surface area contributed by atoms with E-state index in [1.54, 1.807) is 12.4 Å². The summed E-state index contributed by atoms with van der Waals surface area (Å²) < 4.78 is 7.61. The van der Waals surface area contributed by atoms with E-state index in [0.29, 0.717) is 17.4 Å². The van der Waals surface area contributed by atoms with Gasteiger partial charge in [-0.05, 0) is 55.2 Å². The molecule has 28 heavy (non-hydrogen) atoms. The number of aromatic nitrogens is 3. The fourth-order valence-corrected chi connectivity index (χ4v) is 3.82. The second-order valence-corrected chi connectivity index (χ2v) is 7.53. The number of hydrogen-bond donors (Lipinski definition) is 1. The van der Waals surface area contributed by atoms with Crippen molar-refractivity contribution in [1.82, 2.24) is 14.5 Å². The molecule has 0 bridgehead atoms. The normalized spacial score (nSPS) is 17.1. The molecular formula is C21H22N4O2S. The van der Waals surface area contributed by atoms with E-state index in [9.17, 15) is 4.79 Å².